The summed E-state index contributed by atoms with van der Waals surface area (Å²) >= 11 is 1.46. The molecule has 3 nitrogen and oxygen atoms in total. The Bertz CT molecular complexity index is 1260. The maximum atomic E-state index is 13.0. The Hall–Kier alpha value is -2.46. The molecule has 126 valence electrons. The topological polar surface area (TPSA) is 34.4 Å². The lowest BCUT2D eigenvalue weighted by atomic mass is 10.0. The summed E-state index contributed by atoms with van der Waals surface area (Å²) in [5.41, 5.74) is 8.90. The minimum atomic E-state index is 0.0186. The summed E-state index contributed by atoms with van der Waals surface area (Å²) in [6.07, 6.45) is 2.00. The molecule has 0 aliphatic rings. The average molecular weight is 348 g/mol. The van der Waals surface area contributed by atoms with E-state index in [9.17, 15) is 4.79 Å². The number of hydrogen-bond donors (Lipinski definition) is 0. The van der Waals surface area contributed by atoms with Crippen LogP contribution in [0.5, 0.6) is 0 Å². The highest BCUT2D eigenvalue weighted by Gasteiger charge is 2.13. The van der Waals surface area contributed by atoms with Gasteiger partial charge >= 0.3 is 0 Å². The Morgan fingerprint density at radius 2 is 1.64 bits per heavy atom. The van der Waals surface area contributed by atoms with Crippen LogP contribution in [-0.4, -0.2) is 9.38 Å². The molecule has 2 aromatic carbocycles. The van der Waals surface area contributed by atoms with Gasteiger partial charge in [0.05, 0.1) is 15.6 Å². The van der Waals surface area contributed by atoms with E-state index in [0.29, 0.717) is 0 Å². The number of imidazole rings is 1. The van der Waals surface area contributed by atoms with Crippen molar-refractivity contribution in [3.05, 3.63) is 72.5 Å². The highest BCUT2D eigenvalue weighted by molar-refractivity contribution is 7.15. The first-order valence-corrected chi connectivity index (χ1v) is 9.18. The lowest BCUT2D eigenvalue weighted by molar-refractivity contribution is 1.18. The first-order valence-electron chi connectivity index (χ1n) is 8.37. The van der Waals surface area contributed by atoms with Crippen LogP contribution in [0.3, 0.4) is 0 Å². The van der Waals surface area contributed by atoms with E-state index in [4.69, 9.17) is 4.98 Å². The van der Waals surface area contributed by atoms with Crippen molar-refractivity contribution >= 4 is 33.4 Å². The molecule has 0 bridgehead atoms. The molecule has 4 aromatic rings. The summed E-state index contributed by atoms with van der Waals surface area (Å²) in [4.78, 5) is 18.5. The van der Waals surface area contributed by atoms with E-state index in [1.165, 1.54) is 28.0 Å². The fraction of sp³-hybridized carbons (Fsp3) is 0.238. The molecule has 25 heavy (non-hydrogen) atoms. The minimum Gasteiger partial charge on any atom is -0.267 e. The number of aryl methyl sites for hydroxylation is 5. The van der Waals surface area contributed by atoms with Crippen molar-refractivity contribution in [2.24, 2.45) is 0 Å². The molecule has 0 radical (unpaired) electrons. The lowest BCUT2D eigenvalue weighted by Gasteiger charge is -2.05. The molecular formula is C21H20N2OS. The van der Waals surface area contributed by atoms with Crippen LogP contribution in [0.25, 0.3) is 22.1 Å². The summed E-state index contributed by atoms with van der Waals surface area (Å²) in [5, 5.41) is 0. The van der Waals surface area contributed by atoms with E-state index < -0.39 is 0 Å². The van der Waals surface area contributed by atoms with Crippen molar-refractivity contribution in [3.63, 3.8) is 0 Å². The third kappa shape index (κ3) is 2.48. The van der Waals surface area contributed by atoms with Gasteiger partial charge < -0.3 is 0 Å². The summed E-state index contributed by atoms with van der Waals surface area (Å²) in [7, 11) is 0. The minimum absolute atomic E-state index is 0.0186. The van der Waals surface area contributed by atoms with Gasteiger partial charge in [0.25, 0.3) is 5.56 Å². The van der Waals surface area contributed by atoms with Crippen LogP contribution in [0.1, 0.15) is 33.4 Å². The Morgan fingerprint density at radius 1 is 0.920 bits per heavy atom. The van der Waals surface area contributed by atoms with Gasteiger partial charge in [0, 0.05) is 0 Å². The summed E-state index contributed by atoms with van der Waals surface area (Å²) in [6, 6.07) is 8.47. The van der Waals surface area contributed by atoms with Gasteiger partial charge in [-0.1, -0.05) is 29.5 Å². The maximum Gasteiger partial charge on any atom is 0.274 e. The molecular weight excluding hydrogens is 328 g/mol. The Balaban J connectivity index is 2.03. The third-order valence-electron chi connectivity index (χ3n) is 4.85. The fourth-order valence-corrected chi connectivity index (χ4v) is 4.36. The largest absolute Gasteiger partial charge is 0.274 e. The normalized spacial score (nSPS) is 12.6. The highest BCUT2D eigenvalue weighted by Crippen LogP contribution is 2.22. The standard InChI is InChI=1S/C21H20N2OS/c1-11-6-15(5)19-17(7-11)23-20(24)18(25-21(23)22-19)10-16-9-13(3)12(2)8-14(16)4/h6-10H,1-5H3. The molecule has 0 unspecified atom stereocenters. The van der Waals surface area contributed by atoms with Crippen molar-refractivity contribution in [2.75, 3.05) is 0 Å². The number of fused-ring (bicyclic) bond motifs is 3. The molecule has 0 spiro atoms. The first kappa shape index (κ1) is 16.0. The number of aromatic nitrogens is 2. The first-order chi connectivity index (χ1) is 11.8. The fourth-order valence-electron chi connectivity index (χ4n) is 3.39. The van der Waals surface area contributed by atoms with E-state index >= 15 is 0 Å². The molecule has 0 N–H and O–H groups in total. The van der Waals surface area contributed by atoms with Crippen molar-refractivity contribution in [2.45, 2.75) is 34.6 Å². The second-order valence-electron chi connectivity index (χ2n) is 6.89. The van der Waals surface area contributed by atoms with Crippen LogP contribution in [0.15, 0.2) is 29.1 Å². The Morgan fingerprint density at radius 3 is 2.40 bits per heavy atom. The zero-order valence-electron chi connectivity index (χ0n) is 15.1. The summed E-state index contributed by atoms with van der Waals surface area (Å²) < 4.78 is 2.48. The van der Waals surface area contributed by atoms with Gasteiger partial charge in [-0.15, -0.1) is 0 Å². The molecule has 0 amide bonds. The number of nitrogens with zero attached hydrogens (tertiary/aromatic N) is 2. The van der Waals surface area contributed by atoms with Crippen LogP contribution < -0.4 is 10.1 Å². The molecule has 4 heteroatoms. The van der Waals surface area contributed by atoms with Crippen molar-refractivity contribution in [3.8, 4) is 0 Å². The van der Waals surface area contributed by atoms with Crippen molar-refractivity contribution < 1.29 is 0 Å². The molecule has 0 aliphatic heterocycles. The quantitative estimate of drug-likeness (QED) is 0.521. The second kappa shape index (κ2) is 5.53. The van der Waals surface area contributed by atoms with Crippen LogP contribution in [0, 0.1) is 34.6 Å². The van der Waals surface area contributed by atoms with E-state index in [2.05, 4.69) is 39.0 Å². The van der Waals surface area contributed by atoms with Crippen LogP contribution in [0.4, 0.5) is 0 Å². The Kier molecular flexibility index (Phi) is 3.55. The number of thiazole rings is 1. The van der Waals surface area contributed by atoms with E-state index in [1.807, 2.05) is 26.0 Å². The van der Waals surface area contributed by atoms with E-state index in [-0.39, 0.29) is 5.56 Å². The van der Waals surface area contributed by atoms with E-state index in [0.717, 1.165) is 37.2 Å². The predicted octanol–water partition coefficient (Wildman–Crippen LogP) is 4.00. The zero-order valence-corrected chi connectivity index (χ0v) is 15.9. The molecule has 0 saturated heterocycles. The Labute approximate surface area is 150 Å². The molecule has 0 fully saturated rings. The predicted molar refractivity (Wildman–Crippen MR) is 106 cm³/mol. The zero-order chi connectivity index (χ0) is 17.9. The van der Waals surface area contributed by atoms with Crippen LogP contribution in [0.2, 0.25) is 0 Å². The number of benzene rings is 2. The SMILES string of the molecule is Cc1cc(C)c2nc3sc(=Cc4cc(C)c(C)cc4C)c(=O)n3c2c1. The molecule has 0 saturated carbocycles. The molecule has 2 aromatic heterocycles. The lowest BCUT2D eigenvalue weighted by Crippen LogP contribution is -2.22. The maximum absolute atomic E-state index is 13.0. The van der Waals surface area contributed by atoms with Crippen molar-refractivity contribution in [1.82, 2.24) is 9.38 Å². The van der Waals surface area contributed by atoms with Gasteiger partial charge in [0.15, 0.2) is 4.96 Å². The summed E-state index contributed by atoms with van der Waals surface area (Å²) in [6.45, 7) is 10.4. The van der Waals surface area contributed by atoms with Gasteiger partial charge in [-0.25, -0.2) is 9.38 Å². The third-order valence-corrected chi connectivity index (χ3v) is 5.82. The van der Waals surface area contributed by atoms with Crippen LogP contribution in [-0.2, 0) is 0 Å². The molecule has 2 heterocycles. The van der Waals surface area contributed by atoms with Gasteiger partial charge in [0.2, 0.25) is 0 Å². The number of hydrogen-bond acceptors (Lipinski definition) is 3. The van der Waals surface area contributed by atoms with Gasteiger partial charge in [-0.2, -0.15) is 0 Å². The van der Waals surface area contributed by atoms with Gasteiger partial charge in [-0.3, -0.25) is 4.79 Å². The summed E-state index contributed by atoms with van der Waals surface area (Å²) in [5.74, 6) is 0. The molecule has 4 rings (SSSR count). The van der Waals surface area contributed by atoms with Crippen LogP contribution >= 0.6 is 11.3 Å². The van der Waals surface area contributed by atoms with Gasteiger partial charge in [0.1, 0.15) is 0 Å². The monoisotopic (exact) mass is 348 g/mol. The molecule has 0 atom stereocenters. The molecule has 0 aliphatic carbocycles. The number of rotatable bonds is 1. The van der Waals surface area contributed by atoms with Crippen molar-refractivity contribution in [1.29, 1.82) is 0 Å². The average Bonchev–Trinajstić information content (AvgIpc) is 3.03. The highest BCUT2D eigenvalue weighted by atomic mass is 32.1. The smallest absolute Gasteiger partial charge is 0.267 e. The van der Waals surface area contributed by atoms with E-state index in [1.54, 1.807) is 4.40 Å². The second-order valence-corrected chi connectivity index (χ2v) is 7.90. The van der Waals surface area contributed by atoms with Gasteiger partial charge in [-0.05, 0) is 80.1 Å².